The van der Waals surface area contributed by atoms with Crippen molar-refractivity contribution in [2.45, 2.75) is 18.9 Å². The van der Waals surface area contributed by atoms with Gasteiger partial charge in [0.2, 0.25) is 5.91 Å². The Bertz CT molecular complexity index is 412. The smallest absolute Gasteiger partial charge is 0.326 e. The average Bonchev–Trinajstić information content (AvgIpc) is 3.00. The molecule has 18 heavy (non-hydrogen) atoms. The molecule has 0 spiro atoms. The number of hydrogen-bond donors (Lipinski definition) is 4. The molecule has 0 aliphatic carbocycles. The van der Waals surface area contributed by atoms with Crippen LogP contribution < -0.4 is 10.6 Å². The Balaban J connectivity index is 1.93. The van der Waals surface area contributed by atoms with E-state index in [0.717, 1.165) is 13.0 Å². The predicted molar refractivity (Wildman–Crippen MR) is 62.8 cm³/mol. The van der Waals surface area contributed by atoms with Gasteiger partial charge in [-0.05, 0) is 13.0 Å². The molecule has 1 fully saturated rings. The molecule has 1 aliphatic rings. The predicted octanol–water partition coefficient (Wildman–Crippen LogP) is -0.869. The summed E-state index contributed by atoms with van der Waals surface area (Å²) in [5, 5.41) is 14.7. The van der Waals surface area contributed by atoms with Gasteiger partial charge in [-0.2, -0.15) is 0 Å². The molecule has 2 unspecified atom stereocenters. The van der Waals surface area contributed by atoms with Gasteiger partial charge >= 0.3 is 5.97 Å². The highest BCUT2D eigenvalue weighted by atomic mass is 16.4. The zero-order chi connectivity index (χ0) is 13.0. The van der Waals surface area contributed by atoms with Crippen molar-refractivity contribution in [2.24, 2.45) is 5.92 Å². The summed E-state index contributed by atoms with van der Waals surface area (Å²) in [6.07, 6.45) is 4.00. The van der Waals surface area contributed by atoms with E-state index < -0.39 is 12.0 Å². The van der Waals surface area contributed by atoms with Gasteiger partial charge in [0.05, 0.1) is 12.2 Å². The van der Waals surface area contributed by atoms with Crippen molar-refractivity contribution in [3.05, 3.63) is 18.2 Å². The molecular weight excluding hydrogens is 236 g/mol. The fraction of sp³-hybridized carbons (Fsp3) is 0.545. The fourth-order valence-corrected chi connectivity index (χ4v) is 1.98. The lowest BCUT2D eigenvalue weighted by atomic mass is 10.1. The van der Waals surface area contributed by atoms with E-state index in [0.29, 0.717) is 12.2 Å². The van der Waals surface area contributed by atoms with Gasteiger partial charge in [-0.15, -0.1) is 0 Å². The molecule has 0 radical (unpaired) electrons. The molecule has 4 N–H and O–H groups in total. The number of carbonyl (C=O) groups excluding carboxylic acids is 1. The average molecular weight is 252 g/mol. The Morgan fingerprint density at radius 1 is 1.61 bits per heavy atom. The fourth-order valence-electron chi connectivity index (χ4n) is 1.98. The molecule has 1 amide bonds. The molecule has 2 atom stereocenters. The van der Waals surface area contributed by atoms with Crippen LogP contribution >= 0.6 is 0 Å². The maximum Gasteiger partial charge on any atom is 0.326 e. The van der Waals surface area contributed by atoms with Crippen molar-refractivity contribution in [1.29, 1.82) is 0 Å². The van der Waals surface area contributed by atoms with Gasteiger partial charge in [0.25, 0.3) is 0 Å². The van der Waals surface area contributed by atoms with E-state index in [2.05, 4.69) is 20.6 Å². The first-order valence-electron chi connectivity index (χ1n) is 5.88. The normalized spacial score (nSPS) is 20.6. The monoisotopic (exact) mass is 252 g/mol. The number of aromatic amines is 1. The lowest BCUT2D eigenvalue weighted by Gasteiger charge is -2.16. The summed E-state index contributed by atoms with van der Waals surface area (Å²) >= 11 is 0. The van der Waals surface area contributed by atoms with Gasteiger partial charge in [-0.3, -0.25) is 4.79 Å². The maximum atomic E-state index is 11.8. The summed E-state index contributed by atoms with van der Waals surface area (Å²) in [5.74, 6) is -1.37. The topological polar surface area (TPSA) is 107 Å². The zero-order valence-electron chi connectivity index (χ0n) is 9.85. The number of hydrogen-bond acceptors (Lipinski definition) is 4. The lowest BCUT2D eigenvalue weighted by Crippen LogP contribution is -2.45. The van der Waals surface area contributed by atoms with Crippen LogP contribution in [0.5, 0.6) is 0 Å². The standard InChI is InChI=1S/C11H16N4O3/c16-10(7-1-2-12-4-7)15-9(11(17)18)3-8-5-13-6-14-8/h5-7,9,12H,1-4H2,(H,13,14)(H,15,16)(H,17,18). The molecule has 1 saturated heterocycles. The van der Waals surface area contributed by atoms with Crippen LogP contribution in [0.4, 0.5) is 0 Å². The third kappa shape index (κ3) is 3.07. The molecule has 98 valence electrons. The van der Waals surface area contributed by atoms with Gasteiger partial charge in [0, 0.05) is 24.9 Å². The minimum atomic E-state index is -1.04. The molecule has 0 saturated carbocycles. The summed E-state index contributed by atoms with van der Waals surface area (Å²) in [6, 6.07) is -0.918. The first-order chi connectivity index (χ1) is 8.66. The number of aromatic nitrogens is 2. The summed E-state index contributed by atoms with van der Waals surface area (Å²) in [6.45, 7) is 1.42. The van der Waals surface area contributed by atoms with Crippen LogP contribution in [-0.4, -0.2) is 46.1 Å². The third-order valence-electron chi connectivity index (χ3n) is 3.02. The Labute approximate surface area is 104 Å². The third-order valence-corrected chi connectivity index (χ3v) is 3.02. The molecule has 0 aromatic carbocycles. The van der Waals surface area contributed by atoms with Crippen molar-refractivity contribution in [3.8, 4) is 0 Å². The van der Waals surface area contributed by atoms with E-state index in [1.54, 1.807) is 6.20 Å². The largest absolute Gasteiger partial charge is 0.480 e. The molecule has 1 aromatic rings. The van der Waals surface area contributed by atoms with Gasteiger partial charge in [0.15, 0.2) is 0 Å². The number of carboxylic acids is 1. The highest BCUT2D eigenvalue weighted by Gasteiger charge is 2.27. The summed E-state index contributed by atoms with van der Waals surface area (Å²) in [7, 11) is 0. The Hall–Kier alpha value is -1.89. The highest BCUT2D eigenvalue weighted by molar-refractivity contribution is 5.85. The molecule has 7 nitrogen and oxygen atoms in total. The number of carboxylic acid groups (broad SMARTS) is 1. The van der Waals surface area contributed by atoms with Crippen molar-refractivity contribution in [1.82, 2.24) is 20.6 Å². The first-order valence-corrected chi connectivity index (χ1v) is 5.88. The van der Waals surface area contributed by atoms with Crippen molar-refractivity contribution >= 4 is 11.9 Å². The minimum absolute atomic E-state index is 0.131. The summed E-state index contributed by atoms with van der Waals surface area (Å²) in [5.41, 5.74) is 0.687. The number of rotatable bonds is 5. The molecule has 0 bridgehead atoms. The number of carbonyl (C=O) groups is 2. The number of nitrogens with one attached hydrogen (secondary N) is 3. The van der Waals surface area contributed by atoms with E-state index in [1.165, 1.54) is 6.33 Å². The van der Waals surface area contributed by atoms with Crippen LogP contribution in [0.2, 0.25) is 0 Å². The molecule has 1 aliphatic heterocycles. The summed E-state index contributed by atoms with van der Waals surface area (Å²) < 4.78 is 0. The van der Waals surface area contributed by atoms with Crippen LogP contribution in [0, 0.1) is 5.92 Å². The van der Waals surface area contributed by atoms with E-state index >= 15 is 0 Å². The van der Waals surface area contributed by atoms with E-state index in [4.69, 9.17) is 5.11 Å². The number of H-pyrrole nitrogens is 1. The molecular formula is C11H16N4O3. The van der Waals surface area contributed by atoms with Crippen molar-refractivity contribution < 1.29 is 14.7 Å². The first kappa shape index (κ1) is 12.6. The van der Waals surface area contributed by atoms with Crippen LogP contribution in [0.1, 0.15) is 12.1 Å². The zero-order valence-corrected chi connectivity index (χ0v) is 9.85. The lowest BCUT2D eigenvalue weighted by molar-refractivity contribution is -0.142. The number of aliphatic carboxylic acids is 1. The number of nitrogens with zero attached hydrogens (tertiary/aromatic N) is 1. The van der Waals surface area contributed by atoms with Crippen molar-refractivity contribution in [2.75, 3.05) is 13.1 Å². The SMILES string of the molecule is O=C(NC(Cc1cnc[nH]1)C(=O)O)C1CCNC1. The van der Waals surface area contributed by atoms with Gasteiger partial charge in [-0.25, -0.2) is 9.78 Å². The number of imidazole rings is 1. The van der Waals surface area contributed by atoms with Crippen LogP contribution in [0.15, 0.2) is 12.5 Å². The van der Waals surface area contributed by atoms with Gasteiger partial charge < -0.3 is 20.7 Å². The highest BCUT2D eigenvalue weighted by Crippen LogP contribution is 2.08. The molecule has 2 rings (SSSR count). The Kier molecular flexibility index (Phi) is 3.93. The molecule has 2 heterocycles. The second kappa shape index (κ2) is 5.63. The van der Waals surface area contributed by atoms with E-state index in [9.17, 15) is 9.59 Å². The summed E-state index contributed by atoms with van der Waals surface area (Å²) in [4.78, 5) is 29.6. The van der Waals surface area contributed by atoms with Crippen molar-refractivity contribution in [3.63, 3.8) is 0 Å². The Morgan fingerprint density at radius 2 is 2.44 bits per heavy atom. The maximum absolute atomic E-state index is 11.8. The van der Waals surface area contributed by atoms with Gasteiger partial charge in [0.1, 0.15) is 6.04 Å². The van der Waals surface area contributed by atoms with Crippen LogP contribution in [0.3, 0.4) is 0 Å². The Morgan fingerprint density at radius 3 is 3.00 bits per heavy atom. The second-order valence-electron chi connectivity index (χ2n) is 4.37. The minimum Gasteiger partial charge on any atom is -0.480 e. The number of amides is 1. The van der Waals surface area contributed by atoms with E-state index in [1.807, 2.05) is 0 Å². The van der Waals surface area contributed by atoms with Crippen LogP contribution in [0.25, 0.3) is 0 Å². The van der Waals surface area contributed by atoms with E-state index in [-0.39, 0.29) is 18.2 Å². The molecule has 1 aromatic heterocycles. The molecule has 7 heteroatoms. The van der Waals surface area contributed by atoms with Crippen LogP contribution in [-0.2, 0) is 16.0 Å². The quantitative estimate of drug-likeness (QED) is 0.545. The second-order valence-corrected chi connectivity index (χ2v) is 4.37. The van der Waals surface area contributed by atoms with Gasteiger partial charge in [-0.1, -0.05) is 0 Å².